The number of hydrogen-bond acceptors (Lipinski definition) is 6. The second-order valence-corrected chi connectivity index (χ2v) is 16.0. The molecule has 0 aromatic carbocycles. The highest BCUT2D eigenvalue weighted by Crippen LogP contribution is 2.33. The maximum atomic E-state index is 12.9. The fraction of sp³-hybridized carbons (Fsp3) is 0.938. The number of nitrogens with one attached hydrogen (secondary N) is 1. The topological polar surface area (TPSA) is 100 Å². The highest BCUT2D eigenvalue weighted by Gasteiger charge is 2.29. The van der Waals surface area contributed by atoms with Gasteiger partial charge in [-0.3, -0.25) is 9.79 Å². The molecule has 0 aliphatic carbocycles. The van der Waals surface area contributed by atoms with E-state index < -0.39 is 0 Å². The van der Waals surface area contributed by atoms with Gasteiger partial charge in [0.1, 0.15) is 0 Å². The zero-order valence-corrected chi connectivity index (χ0v) is 27.8. The van der Waals surface area contributed by atoms with Crippen LogP contribution in [0.25, 0.3) is 0 Å². The molecule has 0 radical (unpaired) electrons. The first kappa shape index (κ1) is 38.0. The first-order valence-corrected chi connectivity index (χ1v) is 14.7. The van der Waals surface area contributed by atoms with Crippen molar-refractivity contribution in [2.75, 3.05) is 52.7 Å². The van der Waals surface area contributed by atoms with Crippen LogP contribution < -0.4 is 5.32 Å². The van der Waals surface area contributed by atoms with Gasteiger partial charge in [0, 0.05) is 46.4 Å². The van der Waals surface area contributed by atoms with Crippen LogP contribution in [0, 0.1) is 38.9 Å². The van der Waals surface area contributed by atoms with E-state index in [9.17, 15) is 15.0 Å². The van der Waals surface area contributed by atoms with E-state index in [1.807, 2.05) is 34.6 Å². The predicted octanol–water partition coefficient (Wildman–Crippen LogP) is 5.76. The third kappa shape index (κ3) is 17.4. The first-order chi connectivity index (χ1) is 17.6. The minimum Gasteiger partial charge on any atom is -0.396 e. The molecule has 0 spiro atoms. The van der Waals surface area contributed by atoms with E-state index in [1.165, 1.54) is 0 Å². The number of carbonyl (C=O) groups excluding carboxylic acids is 1. The van der Waals surface area contributed by atoms with Gasteiger partial charge in [0.05, 0.1) is 39.6 Å². The van der Waals surface area contributed by atoms with Crippen LogP contribution in [0.2, 0.25) is 0 Å². The van der Waals surface area contributed by atoms with Gasteiger partial charge in [-0.1, -0.05) is 83.1 Å². The standard InChI is InChI=1S/C32H64N2O5/c1-24(26(3)33-16-29(6,7)20-38-22-31(10,11)18-35)14-28(4,5)15-25(2)27(37)34-17-30(8,9)21-39-23-32(12,13)19-36/h24-25,35-36H,14-23H2,1-13H3,(H,34,37). The lowest BCUT2D eigenvalue weighted by atomic mass is 9.75. The summed E-state index contributed by atoms with van der Waals surface area (Å²) in [6.07, 6.45) is 1.76. The Morgan fingerprint density at radius 3 is 1.56 bits per heavy atom. The summed E-state index contributed by atoms with van der Waals surface area (Å²) in [7, 11) is 0. The number of aliphatic imine (C=N–C) groups is 1. The van der Waals surface area contributed by atoms with Crippen molar-refractivity contribution in [3.05, 3.63) is 0 Å². The summed E-state index contributed by atoms with van der Waals surface area (Å²) in [4.78, 5) is 17.8. The fourth-order valence-corrected chi connectivity index (χ4v) is 4.37. The normalized spacial score (nSPS) is 15.8. The van der Waals surface area contributed by atoms with E-state index in [1.54, 1.807) is 0 Å². The van der Waals surface area contributed by atoms with Gasteiger partial charge in [-0.15, -0.1) is 0 Å². The van der Waals surface area contributed by atoms with Crippen LogP contribution in [0.5, 0.6) is 0 Å². The van der Waals surface area contributed by atoms with Crippen molar-refractivity contribution in [1.82, 2.24) is 5.32 Å². The fourth-order valence-electron chi connectivity index (χ4n) is 4.37. The summed E-state index contributed by atoms with van der Waals surface area (Å²) in [5, 5.41) is 22.0. The summed E-state index contributed by atoms with van der Waals surface area (Å²) in [6.45, 7) is 30.8. The van der Waals surface area contributed by atoms with Gasteiger partial charge in [-0.05, 0) is 31.1 Å². The molecule has 232 valence electrons. The average Bonchev–Trinajstić information content (AvgIpc) is 2.79. The molecule has 0 fully saturated rings. The monoisotopic (exact) mass is 556 g/mol. The van der Waals surface area contributed by atoms with Crippen LogP contribution in [0.1, 0.15) is 103 Å². The van der Waals surface area contributed by atoms with Crippen molar-refractivity contribution in [1.29, 1.82) is 0 Å². The van der Waals surface area contributed by atoms with E-state index in [0.29, 0.717) is 45.4 Å². The second kappa shape index (κ2) is 15.8. The molecule has 2 atom stereocenters. The Hall–Kier alpha value is -1.02. The number of aliphatic hydroxyl groups is 2. The van der Waals surface area contributed by atoms with Gasteiger partial charge in [0.15, 0.2) is 0 Å². The Labute approximate surface area is 240 Å². The highest BCUT2D eigenvalue weighted by atomic mass is 16.5. The minimum atomic E-state index is -0.262. The number of amides is 1. The Balaban J connectivity index is 4.73. The molecule has 0 saturated carbocycles. The van der Waals surface area contributed by atoms with E-state index in [4.69, 9.17) is 14.5 Å². The number of nitrogens with zero attached hydrogens (tertiary/aromatic N) is 1. The van der Waals surface area contributed by atoms with Crippen LogP contribution in [-0.4, -0.2) is 74.6 Å². The number of ether oxygens (including phenoxy) is 2. The molecule has 0 aliphatic rings. The third-order valence-corrected chi connectivity index (χ3v) is 7.20. The summed E-state index contributed by atoms with van der Waals surface area (Å²) in [5.74, 6) is 0.310. The number of aliphatic hydroxyl groups excluding tert-OH is 2. The first-order valence-electron chi connectivity index (χ1n) is 14.7. The van der Waals surface area contributed by atoms with Crippen LogP contribution in [0.4, 0.5) is 0 Å². The minimum absolute atomic E-state index is 0.00400. The van der Waals surface area contributed by atoms with E-state index in [2.05, 4.69) is 60.7 Å². The van der Waals surface area contributed by atoms with Gasteiger partial charge in [-0.2, -0.15) is 0 Å². The van der Waals surface area contributed by atoms with E-state index >= 15 is 0 Å². The molecule has 0 heterocycles. The Morgan fingerprint density at radius 1 is 0.692 bits per heavy atom. The van der Waals surface area contributed by atoms with Crippen molar-refractivity contribution in [3.8, 4) is 0 Å². The molecular formula is C32H64N2O5. The van der Waals surface area contributed by atoms with Gasteiger partial charge in [0.2, 0.25) is 5.91 Å². The maximum Gasteiger partial charge on any atom is 0.222 e. The summed E-state index contributed by atoms with van der Waals surface area (Å²) < 4.78 is 11.7. The molecule has 3 N–H and O–H groups in total. The highest BCUT2D eigenvalue weighted by molar-refractivity contribution is 5.84. The van der Waals surface area contributed by atoms with E-state index in [0.717, 1.165) is 18.6 Å². The van der Waals surface area contributed by atoms with Crippen LogP contribution in [0.3, 0.4) is 0 Å². The molecule has 0 bridgehead atoms. The summed E-state index contributed by atoms with van der Waals surface area (Å²) >= 11 is 0. The lowest BCUT2D eigenvalue weighted by Crippen LogP contribution is -2.40. The quantitative estimate of drug-likeness (QED) is 0.165. The van der Waals surface area contributed by atoms with Gasteiger partial charge < -0.3 is 25.0 Å². The molecule has 0 aromatic rings. The largest absolute Gasteiger partial charge is 0.396 e. The molecule has 1 amide bonds. The van der Waals surface area contributed by atoms with Gasteiger partial charge >= 0.3 is 0 Å². The van der Waals surface area contributed by atoms with Crippen molar-refractivity contribution in [3.63, 3.8) is 0 Å². The molecular weight excluding hydrogens is 492 g/mol. The molecule has 7 heteroatoms. The molecule has 7 nitrogen and oxygen atoms in total. The molecule has 0 aromatic heterocycles. The number of rotatable bonds is 20. The lowest BCUT2D eigenvalue weighted by molar-refractivity contribution is -0.126. The maximum absolute atomic E-state index is 12.9. The van der Waals surface area contributed by atoms with Gasteiger partial charge in [-0.25, -0.2) is 0 Å². The zero-order valence-electron chi connectivity index (χ0n) is 27.8. The van der Waals surface area contributed by atoms with Crippen LogP contribution in [0.15, 0.2) is 4.99 Å². The molecule has 0 saturated heterocycles. The third-order valence-electron chi connectivity index (χ3n) is 7.20. The summed E-state index contributed by atoms with van der Waals surface area (Å²) in [5.41, 5.74) is 0.370. The Morgan fingerprint density at radius 2 is 1.10 bits per heavy atom. The van der Waals surface area contributed by atoms with Gasteiger partial charge in [0.25, 0.3) is 0 Å². The summed E-state index contributed by atoms with van der Waals surface area (Å²) in [6, 6.07) is 0. The van der Waals surface area contributed by atoms with Crippen LogP contribution >= 0.6 is 0 Å². The second-order valence-electron chi connectivity index (χ2n) is 16.0. The Bertz CT molecular complexity index is 756. The SMILES string of the molecule is CC(=NCC(C)(C)COCC(C)(C)CO)C(C)CC(C)(C)CC(C)C(=O)NCC(C)(C)COCC(C)(C)CO. The number of hydrogen-bond donors (Lipinski definition) is 3. The smallest absolute Gasteiger partial charge is 0.222 e. The van der Waals surface area contributed by atoms with Crippen LogP contribution in [-0.2, 0) is 14.3 Å². The predicted molar refractivity (Wildman–Crippen MR) is 163 cm³/mol. The lowest BCUT2D eigenvalue weighted by Gasteiger charge is -2.32. The van der Waals surface area contributed by atoms with Crippen molar-refractivity contribution in [2.24, 2.45) is 43.9 Å². The molecule has 2 unspecified atom stereocenters. The van der Waals surface area contributed by atoms with Crippen molar-refractivity contribution < 1.29 is 24.5 Å². The molecule has 0 rings (SSSR count). The van der Waals surface area contributed by atoms with Crippen molar-refractivity contribution >= 4 is 11.6 Å². The van der Waals surface area contributed by atoms with E-state index in [-0.39, 0.29) is 52.1 Å². The Kier molecular flexibility index (Phi) is 15.4. The number of carbonyl (C=O) groups is 1. The molecule has 0 aliphatic heterocycles. The average molecular weight is 557 g/mol. The van der Waals surface area contributed by atoms with Crippen molar-refractivity contribution in [2.45, 2.75) is 103 Å². The molecule has 39 heavy (non-hydrogen) atoms. The zero-order chi connectivity index (χ0) is 30.7.